The van der Waals surface area contributed by atoms with E-state index in [9.17, 15) is 13.2 Å². The molecule has 0 fully saturated rings. The lowest BCUT2D eigenvalue weighted by Crippen LogP contribution is -2.24. The lowest BCUT2D eigenvalue weighted by atomic mass is 10.2. The fourth-order valence-corrected chi connectivity index (χ4v) is 3.52. The highest BCUT2D eigenvalue weighted by Gasteiger charge is 2.14. The van der Waals surface area contributed by atoms with E-state index >= 15 is 0 Å². The largest absolute Gasteiger partial charge is 0.494 e. The molecule has 2 N–H and O–H groups in total. The van der Waals surface area contributed by atoms with Gasteiger partial charge in [-0.1, -0.05) is 19.8 Å². The third-order valence-corrected chi connectivity index (χ3v) is 5.31. The van der Waals surface area contributed by atoms with Crippen molar-refractivity contribution in [3.05, 3.63) is 54.1 Å². The van der Waals surface area contributed by atoms with Gasteiger partial charge in [-0.3, -0.25) is 9.52 Å². The SMILES string of the molecule is CCCCCNC(=O)c1ccc(NS(=O)(=O)c2ccc(OCC)cc2)cc1. The molecule has 0 aliphatic heterocycles. The Morgan fingerprint density at radius 1 is 0.963 bits per heavy atom. The van der Waals surface area contributed by atoms with Gasteiger partial charge in [0.25, 0.3) is 15.9 Å². The third-order valence-electron chi connectivity index (χ3n) is 3.91. The van der Waals surface area contributed by atoms with Crippen LogP contribution in [0.5, 0.6) is 5.75 Å². The first-order chi connectivity index (χ1) is 13.0. The van der Waals surface area contributed by atoms with E-state index in [4.69, 9.17) is 4.74 Å². The minimum atomic E-state index is -3.70. The molecule has 7 heteroatoms. The molecule has 2 aromatic rings. The summed E-state index contributed by atoms with van der Waals surface area (Å²) in [5, 5.41) is 2.85. The van der Waals surface area contributed by atoms with Crippen LogP contribution in [0.3, 0.4) is 0 Å². The smallest absolute Gasteiger partial charge is 0.261 e. The van der Waals surface area contributed by atoms with E-state index in [1.165, 1.54) is 12.1 Å². The molecule has 0 radical (unpaired) electrons. The van der Waals surface area contributed by atoms with Gasteiger partial charge in [-0.25, -0.2) is 8.42 Å². The minimum Gasteiger partial charge on any atom is -0.494 e. The minimum absolute atomic E-state index is 0.142. The number of hydrogen-bond donors (Lipinski definition) is 2. The number of nitrogens with one attached hydrogen (secondary N) is 2. The molecule has 0 atom stereocenters. The Bertz CT molecular complexity index is 831. The normalized spacial score (nSPS) is 11.0. The van der Waals surface area contributed by atoms with Gasteiger partial charge in [0.05, 0.1) is 11.5 Å². The first-order valence-electron chi connectivity index (χ1n) is 9.10. The zero-order valence-corrected chi connectivity index (χ0v) is 16.5. The molecule has 1 amide bonds. The number of carbonyl (C=O) groups excluding carboxylic acids is 1. The Labute approximate surface area is 161 Å². The number of unbranched alkanes of at least 4 members (excludes halogenated alkanes) is 2. The van der Waals surface area contributed by atoms with Crippen LogP contribution in [0.4, 0.5) is 5.69 Å². The molecule has 0 heterocycles. The molecule has 2 aromatic carbocycles. The maximum Gasteiger partial charge on any atom is 0.261 e. The van der Waals surface area contributed by atoms with Crippen LogP contribution in [0.2, 0.25) is 0 Å². The Morgan fingerprint density at radius 2 is 1.63 bits per heavy atom. The van der Waals surface area contributed by atoms with Crippen LogP contribution < -0.4 is 14.8 Å². The van der Waals surface area contributed by atoms with E-state index in [0.717, 1.165) is 19.3 Å². The monoisotopic (exact) mass is 390 g/mol. The summed E-state index contributed by atoms with van der Waals surface area (Å²) in [6.07, 6.45) is 3.12. The van der Waals surface area contributed by atoms with Crippen LogP contribution in [-0.4, -0.2) is 27.5 Å². The molecule has 0 saturated carbocycles. The Kier molecular flexibility index (Phi) is 7.67. The molecule has 0 spiro atoms. The molecule has 2 rings (SSSR count). The molecule has 6 nitrogen and oxygen atoms in total. The summed E-state index contributed by atoms with van der Waals surface area (Å²) >= 11 is 0. The first-order valence-corrected chi connectivity index (χ1v) is 10.6. The second-order valence-corrected chi connectivity index (χ2v) is 7.73. The Balaban J connectivity index is 1.99. The molecule has 0 aliphatic carbocycles. The summed E-state index contributed by atoms with van der Waals surface area (Å²) < 4.78 is 32.7. The molecule has 0 bridgehead atoms. The predicted octanol–water partition coefficient (Wildman–Crippen LogP) is 3.81. The first kappa shape index (κ1) is 20.8. The average molecular weight is 391 g/mol. The molecule has 0 unspecified atom stereocenters. The van der Waals surface area contributed by atoms with Crippen LogP contribution in [-0.2, 0) is 10.0 Å². The topological polar surface area (TPSA) is 84.5 Å². The molecular formula is C20H26N2O4S. The van der Waals surface area contributed by atoms with E-state index in [0.29, 0.717) is 30.2 Å². The average Bonchev–Trinajstić information content (AvgIpc) is 2.66. The van der Waals surface area contributed by atoms with E-state index in [1.54, 1.807) is 36.4 Å². The molecule has 0 aromatic heterocycles. The van der Waals surface area contributed by atoms with Crippen LogP contribution in [0.25, 0.3) is 0 Å². The Morgan fingerprint density at radius 3 is 2.22 bits per heavy atom. The number of carbonyl (C=O) groups is 1. The predicted molar refractivity (Wildman–Crippen MR) is 107 cm³/mol. The van der Waals surface area contributed by atoms with Crippen LogP contribution in [0.15, 0.2) is 53.4 Å². The Hall–Kier alpha value is -2.54. The number of rotatable bonds is 10. The van der Waals surface area contributed by atoms with Crippen molar-refractivity contribution >= 4 is 21.6 Å². The summed E-state index contributed by atoms with van der Waals surface area (Å²) in [5.41, 5.74) is 0.891. The molecule has 0 aliphatic rings. The van der Waals surface area contributed by atoms with Crippen molar-refractivity contribution in [2.24, 2.45) is 0 Å². The van der Waals surface area contributed by atoms with Gasteiger partial charge in [-0.05, 0) is 61.9 Å². The van der Waals surface area contributed by atoms with Crippen molar-refractivity contribution in [1.29, 1.82) is 0 Å². The summed E-state index contributed by atoms with van der Waals surface area (Å²) in [6.45, 7) is 5.12. The highest BCUT2D eigenvalue weighted by molar-refractivity contribution is 7.92. The van der Waals surface area contributed by atoms with Crippen molar-refractivity contribution in [2.45, 2.75) is 38.0 Å². The van der Waals surface area contributed by atoms with Crippen molar-refractivity contribution in [1.82, 2.24) is 5.32 Å². The maximum atomic E-state index is 12.5. The lowest BCUT2D eigenvalue weighted by Gasteiger charge is -2.10. The summed E-state index contributed by atoms with van der Waals surface area (Å²) in [4.78, 5) is 12.2. The number of benzene rings is 2. The van der Waals surface area contributed by atoms with Crippen molar-refractivity contribution in [3.8, 4) is 5.75 Å². The molecular weight excluding hydrogens is 364 g/mol. The van der Waals surface area contributed by atoms with Crippen molar-refractivity contribution in [2.75, 3.05) is 17.9 Å². The fourth-order valence-electron chi connectivity index (χ4n) is 2.46. The zero-order chi connectivity index (χ0) is 19.7. The van der Waals surface area contributed by atoms with Gasteiger partial charge in [0.2, 0.25) is 0 Å². The van der Waals surface area contributed by atoms with E-state index < -0.39 is 10.0 Å². The number of ether oxygens (including phenoxy) is 1. The van der Waals surface area contributed by atoms with Crippen LogP contribution in [0, 0.1) is 0 Å². The van der Waals surface area contributed by atoms with Gasteiger partial charge in [-0.15, -0.1) is 0 Å². The summed E-state index contributed by atoms with van der Waals surface area (Å²) in [7, 11) is -3.70. The van der Waals surface area contributed by atoms with Crippen LogP contribution in [0.1, 0.15) is 43.5 Å². The number of amides is 1. The highest BCUT2D eigenvalue weighted by Crippen LogP contribution is 2.19. The number of hydrogen-bond acceptors (Lipinski definition) is 4. The van der Waals surface area contributed by atoms with Crippen molar-refractivity contribution < 1.29 is 17.9 Å². The number of sulfonamides is 1. The second kappa shape index (κ2) is 9.97. The fraction of sp³-hybridized carbons (Fsp3) is 0.350. The van der Waals surface area contributed by atoms with E-state index in [2.05, 4.69) is 17.0 Å². The van der Waals surface area contributed by atoms with Gasteiger partial charge in [0.1, 0.15) is 5.75 Å². The van der Waals surface area contributed by atoms with Crippen molar-refractivity contribution in [3.63, 3.8) is 0 Å². The van der Waals surface area contributed by atoms with Gasteiger partial charge in [0.15, 0.2) is 0 Å². The maximum absolute atomic E-state index is 12.5. The molecule has 146 valence electrons. The third kappa shape index (κ3) is 6.29. The van der Waals surface area contributed by atoms with Gasteiger partial charge >= 0.3 is 0 Å². The summed E-state index contributed by atoms with van der Waals surface area (Å²) in [5.74, 6) is 0.456. The quantitative estimate of drug-likeness (QED) is 0.604. The van der Waals surface area contributed by atoms with E-state index in [1.807, 2.05) is 6.92 Å². The highest BCUT2D eigenvalue weighted by atomic mass is 32.2. The lowest BCUT2D eigenvalue weighted by molar-refractivity contribution is 0.0953. The standard InChI is InChI=1S/C20H26N2O4S/c1-3-5-6-15-21-20(23)16-7-9-17(10-8-16)22-27(24,25)19-13-11-18(12-14-19)26-4-2/h7-14,22H,3-6,15H2,1-2H3,(H,21,23). The van der Waals surface area contributed by atoms with E-state index in [-0.39, 0.29) is 10.8 Å². The summed E-state index contributed by atoms with van der Waals surface area (Å²) in [6, 6.07) is 12.6. The molecule has 27 heavy (non-hydrogen) atoms. The van der Waals surface area contributed by atoms with Gasteiger partial charge < -0.3 is 10.1 Å². The van der Waals surface area contributed by atoms with Crippen LogP contribution >= 0.6 is 0 Å². The van der Waals surface area contributed by atoms with Gasteiger partial charge in [-0.2, -0.15) is 0 Å². The molecule has 0 saturated heterocycles. The number of anilines is 1. The zero-order valence-electron chi connectivity index (χ0n) is 15.7. The van der Waals surface area contributed by atoms with Gasteiger partial charge in [0, 0.05) is 17.8 Å². The second-order valence-electron chi connectivity index (χ2n) is 6.05.